The van der Waals surface area contributed by atoms with E-state index in [1.54, 1.807) is 4.57 Å². The average molecular weight is 382 g/mol. The number of rotatable bonds is 5. The first-order valence-corrected chi connectivity index (χ1v) is 10.9. The third-order valence-corrected chi connectivity index (χ3v) is 6.32. The molecule has 2 aromatic rings. The number of nitrogens with zero attached hydrogens (tertiary/aromatic N) is 1. The van der Waals surface area contributed by atoms with Crippen LogP contribution in [0.15, 0.2) is 35.3 Å². The van der Waals surface area contributed by atoms with E-state index >= 15 is 0 Å². The smallest absolute Gasteiger partial charge is 0.258 e. The molecule has 2 aliphatic rings. The number of fused-ring (bicyclic) bond motifs is 1. The molecule has 5 nitrogen and oxygen atoms in total. The van der Waals surface area contributed by atoms with Crippen molar-refractivity contribution in [3.8, 4) is 0 Å². The van der Waals surface area contributed by atoms with E-state index in [4.69, 9.17) is 0 Å². The lowest BCUT2D eigenvalue weighted by molar-refractivity contribution is -0.117. The Hall–Kier alpha value is -2.14. The summed E-state index contributed by atoms with van der Waals surface area (Å²) in [5, 5.41) is 8.02. The molecule has 1 aromatic carbocycles. The van der Waals surface area contributed by atoms with Crippen molar-refractivity contribution in [3.63, 3.8) is 0 Å². The van der Waals surface area contributed by atoms with Gasteiger partial charge in [0.05, 0.1) is 0 Å². The molecule has 0 bridgehead atoms. The molecule has 2 N–H and O–H groups in total. The summed E-state index contributed by atoms with van der Waals surface area (Å²) in [6.45, 7) is 1.73. The van der Waals surface area contributed by atoms with E-state index < -0.39 is 0 Å². The SMILES string of the molecule is O=C(CC1CCCCCC1)Nc1cccc2c(=O)n(C[C@H]3CCCN3)ccc12. The van der Waals surface area contributed by atoms with Crippen molar-refractivity contribution in [1.82, 2.24) is 9.88 Å². The van der Waals surface area contributed by atoms with Crippen LogP contribution < -0.4 is 16.2 Å². The molecular formula is C23H31N3O2. The topological polar surface area (TPSA) is 63.1 Å². The fourth-order valence-electron chi connectivity index (χ4n) is 4.75. The summed E-state index contributed by atoms with van der Waals surface area (Å²) in [6, 6.07) is 7.96. The molecule has 1 aromatic heterocycles. The van der Waals surface area contributed by atoms with Crippen LogP contribution in [-0.2, 0) is 11.3 Å². The molecule has 1 amide bonds. The summed E-state index contributed by atoms with van der Waals surface area (Å²) in [7, 11) is 0. The number of nitrogens with one attached hydrogen (secondary N) is 2. The molecule has 1 atom stereocenters. The summed E-state index contributed by atoms with van der Waals surface area (Å²) < 4.78 is 1.79. The van der Waals surface area contributed by atoms with Gasteiger partial charge in [-0.2, -0.15) is 0 Å². The maximum atomic E-state index is 12.9. The van der Waals surface area contributed by atoms with Gasteiger partial charge < -0.3 is 15.2 Å². The van der Waals surface area contributed by atoms with Gasteiger partial charge in [-0.15, -0.1) is 0 Å². The molecule has 1 aliphatic carbocycles. The number of amides is 1. The van der Waals surface area contributed by atoms with E-state index in [0.717, 1.165) is 36.9 Å². The lowest BCUT2D eigenvalue weighted by atomic mass is 9.96. The van der Waals surface area contributed by atoms with Crippen molar-refractivity contribution >= 4 is 22.4 Å². The van der Waals surface area contributed by atoms with E-state index in [2.05, 4.69) is 10.6 Å². The number of carbonyl (C=O) groups is 1. The number of pyridine rings is 1. The van der Waals surface area contributed by atoms with E-state index in [9.17, 15) is 9.59 Å². The van der Waals surface area contributed by atoms with Crippen molar-refractivity contribution in [1.29, 1.82) is 0 Å². The van der Waals surface area contributed by atoms with Gasteiger partial charge in [-0.1, -0.05) is 31.7 Å². The van der Waals surface area contributed by atoms with Gasteiger partial charge in [0.25, 0.3) is 5.56 Å². The molecule has 0 unspecified atom stereocenters. The van der Waals surface area contributed by atoms with Gasteiger partial charge in [0, 0.05) is 41.7 Å². The first-order valence-electron chi connectivity index (χ1n) is 10.9. The number of benzene rings is 1. The van der Waals surface area contributed by atoms with E-state index in [0.29, 0.717) is 30.3 Å². The quantitative estimate of drug-likeness (QED) is 0.768. The van der Waals surface area contributed by atoms with Crippen LogP contribution in [0.5, 0.6) is 0 Å². The molecule has 1 saturated heterocycles. The fourth-order valence-corrected chi connectivity index (χ4v) is 4.75. The second-order valence-corrected chi connectivity index (χ2v) is 8.44. The van der Waals surface area contributed by atoms with Crippen LogP contribution in [0.25, 0.3) is 10.8 Å². The van der Waals surface area contributed by atoms with Crippen molar-refractivity contribution in [2.24, 2.45) is 5.92 Å². The minimum Gasteiger partial charge on any atom is -0.326 e. The first-order chi connectivity index (χ1) is 13.7. The van der Waals surface area contributed by atoms with Gasteiger partial charge in [0.2, 0.25) is 5.91 Å². The van der Waals surface area contributed by atoms with Crippen molar-refractivity contribution < 1.29 is 4.79 Å². The van der Waals surface area contributed by atoms with Gasteiger partial charge in [-0.25, -0.2) is 0 Å². The lowest BCUT2D eigenvalue weighted by Crippen LogP contribution is -2.32. The van der Waals surface area contributed by atoms with Crippen LogP contribution >= 0.6 is 0 Å². The Morgan fingerprint density at radius 2 is 1.86 bits per heavy atom. The number of anilines is 1. The summed E-state index contributed by atoms with van der Waals surface area (Å²) in [6.07, 6.45) is 12.1. The highest BCUT2D eigenvalue weighted by Crippen LogP contribution is 2.27. The Balaban J connectivity index is 1.50. The van der Waals surface area contributed by atoms with Gasteiger partial charge in [-0.3, -0.25) is 9.59 Å². The Morgan fingerprint density at radius 1 is 1.04 bits per heavy atom. The van der Waals surface area contributed by atoms with Crippen molar-refractivity contribution in [2.75, 3.05) is 11.9 Å². The van der Waals surface area contributed by atoms with Crippen molar-refractivity contribution in [3.05, 3.63) is 40.8 Å². The second-order valence-electron chi connectivity index (χ2n) is 8.44. The molecule has 4 rings (SSSR count). The predicted octanol–water partition coefficient (Wildman–Crippen LogP) is 4.05. The molecule has 28 heavy (non-hydrogen) atoms. The highest BCUT2D eigenvalue weighted by molar-refractivity contribution is 6.01. The molecule has 2 heterocycles. The molecule has 1 aliphatic heterocycles. The number of hydrogen-bond donors (Lipinski definition) is 2. The molecule has 0 radical (unpaired) electrons. The molecule has 2 fully saturated rings. The van der Waals surface area contributed by atoms with Gasteiger partial charge in [-0.05, 0) is 56.3 Å². The highest BCUT2D eigenvalue weighted by atomic mass is 16.1. The molecule has 1 saturated carbocycles. The highest BCUT2D eigenvalue weighted by Gasteiger charge is 2.18. The molecule has 0 spiro atoms. The zero-order chi connectivity index (χ0) is 19.3. The minimum atomic E-state index is 0.0195. The van der Waals surface area contributed by atoms with Crippen molar-refractivity contribution in [2.45, 2.75) is 70.4 Å². The van der Waals surface area contributed by atoms with E-state index in [-0.39, 0.29) is 11.5 Å². The maximum absolute atomic E-state index is 12.9. The standard InChI is InChI=1S/C23H31N3O2/c27-22(15-17-7-3-1-2-4-8-17)25-21-11-5-10-20-19(21)12-14-26(23(20)28)16-18-9-6-13-24-18/h5,10-12,14,17-18,24H,1-4,6-9,13,15-16H2,(H,25,27)/t18-/m1/s1. The Bertz CT molecular complexity index is 875. The van der Waals surface area contributed by atoms with E-state index in [1.807, 2.05) is 30.5 Å². The van der Waals surface area contributed by atoms with E-state index in [1.165, 1.54) is 32.1 Å². The normalized spacial score (nSPS) is 20.9. The van der Waals surface area contributed by atoms with Gasteiger partial charge in [0.1, 0.15) is 0 Å². The fraction of sp³-hybridized carbons (Fsp3) is 0.565. The molecule has 5 heteroatoms. The lowest BCUT2D eigenvalue weighted by Gasteiger charge is -2.16. The van der Waals surface area contributed by atoms with Gasteiger partial charge in [0.15, 0.2) is 0 Å². The Labute approximate surface area is 166 Å². The van der Waals surface area contributed by atoms with Crippen LogP contribution in [0.4, 0.5) is 5.69 Å². The van der Waals surface area contributed by atoms with Gasteiger partial charge >= 0.3 is 0 Å². The van der Waals surface area contributed by atoms with Crippen LogP contribution in [-0.4, -0.2) is 23.1 Å². The van der Waals surface area contributed by atoms with Crippen LogP contribution in [0.1, 0.15) is 57.8 Å². The molecule has 150 valence electrons. The Kier molecular flexibility index (Phi) is 6.10. The minimum absolute atomic E-state index is 0.0195. The summed E-state index contributed by atoms with van der Waals surface area (Å²) in [4.78, 5) is 25.5. The maximum Gasteiger partial charge on any atom is 0.258 e. The summed E-state index contributed by atoms with van der Waals surface area (Å²) in [5.41, 5.74) is 0.769. The summed E-state index contributed by atoms with van der Waals surface area (Å²) in [5.74, 6) is 0.562. The summed E-state index contributed by atoms with van der Waals surface area (Å²) >= 11 is 0. The number of carbonyl (C=O) groups excluding carboxylic acids is 1. The predicted molar refractivity (Wildman–Crippen MR) is 114 cm³/mol. The number of aromatic nitrogens is 1. The largest absolute Gasteiger partial charge is 0.326 e. The number of hydrogen-bond acceptors (Lipinski definition) is 3. The van der Waals surface area contributed by atoms with Crippen LogP contribution in [0.2, 0.25) is 0 Å². The second kappa shape index (κ2) is 8.91. The van der Waals surface area contributed by atoms with Crippen LogP contribution in [0.3, 0.4) is 0 Å². The third kappa shape index (κ3) is 4.46. The first kappa shape index (κ1) is 19.2. The Morgan fingerprint density at radius 3 is 2.61 bits per heavy atom. The third-order valence-electron chi connectivity index (χ3n) is 6.32. The zero-order valence-corrected chi connectivity index (χ0v) is 16.6. The molecular weight excluding hydrogens is 350 g/mol. The van der Waals surface area contributed by atoms with Crippen LogP contribution in [0, 0.1) is 5.92 Å². The zero-order valence-electron chi connectivity index (χ0n) is 16.6. The average Bonchev–Trinajstić information content (AvgIpc) is 3.07. The monoisotopic (exact) mass is 381 g/mol.